The predicted molar refractivity (Wildman–Crippen MR) is 149 cm³/mol. The Morgan fingerprint density at radius 1 is 0.714 bits per heavy atom. The molecule has 6 rings (SSSR count). The minimum atomic E-state index is -0.155. The zero-order valence-corrected chi connectivity index (χ0v) is 20.6. The van der Waals surface area contributed by atoms with Gasteiger partial charge in [-0.05, 0) is 59.5 Å². The molecule has 0 aliphatic heterocycles. The molecule has 168 valence electrons. The van der Waals surface area contributed by atoms with Gasteiger partial charge >= 0.3 is 0 Å². The lowest BCUT2D eigenvalue weighted by Gasteiger charge is -2.15. The highest BCUT2D eigenvalue weighted by Crippen LogP contribution is 2.38. The van der Waals surface area contributed by atoms with Crippen LogP contribution in [0.15, 0.2) is 112 Å². The third kappa shape index (κ3) is 3.86. The number of nitrogens with zero attached hydrogens (tertiary/aromatic N) is 1. The van der Waals surface area contributed by atoms with Crippen molar-refractivity contribution in [1.82, 2.24) is 9.97 Å². The van der Waals surface area contributed by atoms with Gasteiger partial charge in [-0.25, -0.2) is 4.98 Å². The number of rotatable bonds is 3. The Hall–Kier alpha value is -4.02. The molecule has 0 amide bonds. The second-order valence-corrected chi connectivity index (χ2v) is 9.62. The highest BCUT2D eigenvalue weighted by Gasteiger charge is 2.19. The van der Waals surface area contributed by atoms with Crippen LogP contribution in [0.5, 0.6) is 0 Å². The summed E-state index contributed by atoms with van der Waals surface area (Å²) in [6, 6.07) is 34.6. The van der Waals surface area contributed by atoms with E-state index >= 15 is 0 Å². The van der Waals surface area contributed by atoms with Crippen LogP contribution in [-0.4, -0.2) is 9.97 Å². The zero-order valence-electron chi connectivity index (χ0n) is 19.0. The molecule has 0 bridgehead atoms. The van der Waals surface area contributed by atoms with Gasteiger partial charge in [0, 0.05) is 26.3 Å². The third-order valence-corrected chi connectivity index (χ3v) is 6.84. The molecule has 0 aliphatic rings. The van der Waals surface area contributed by atoms with Crippen LogP contribution in [-0.2, 0) is 0 Å². The molecular formula is C31H21BrN2O. The van der Waals surface area contributed by atoms with Gasteiger partial charge in [0.1, 0.15) is 0 Å². The van der Waals surface area contributed by atoms with E-state index in [1.54, 1.807) is 0 Å². The van der Waals surface area contributed by atoms with Crippen molar-refractivity contribution < 1.29 is 0 Å². The van der Waals surface area contributed by atoms with Gasteiger partial charge in [-0.15, -0.1) is 0 Å². The SMILES string of the molecule is Cc1ccc2c(-c3ccccc3)cc(-c3c(-c4ccccc4)c4cc(Br)ccc4[nH]c3=O)nc2c1. The van der Waals surface area contributed by atoms with E-state index in [-0.39, 0.29) is 5.56 Å². The van der Waals surface area contributed by atoms with E-state index in [1.807, 2.05) is 66.7 Å². The standard InChI is InChI=1S/C31H21BrN2O/c1-19-12-14-23-24(20-8-4-2-5-9-20)18-28(33-27(23)16-19)30-29(21-10-6-3-7-11-21)25-17-22(32)13-15-26(25)34-31(30)35/h2-18H,1H3,(H,34,35). The highest BCUT2D eigenvalue weighted by molar-refractivity contribution is 9.10. The first-order chi connectivity index (χ1) is 17.1. The molecule has 0 saturated carbocycles. The summed E-state index contributed by atoms with van der Waals surface area (Å²) in [5.74, 6) is 0. The van der Waals surface area contributed by atoms with E-state index < -0.39 is 0 Å². The molecule has 0 radical (unpaired) electrons. The van der Waals surface area contributed by atoms with Gasteiger partial charge in [-0.1, -0.05) is 88.7 Å². The van der Waals surface area contributed by atoms with Gasteiger partial charge in [-0.2, -0.15) is 0 Å². The number of pyridine rings is 2. The molecule has 0 spiro atoms. The Labute approximate surface area is 211 Å². The van der Waals surface area contributed by atoms with Crippen molar-refractivity contribution >= 4 is 37.7 Å². The van der Waals surface area contributed by atoms with Crippen molar-refractivity contribution in [2.75, 3.05) is 0 Å². The summed E-state index contributed by atoms with van der Waals surface area (Å²) >= 11 is 3.61. The number of hydrogen-bond acceptors (Lipinski definition) is 2. The maximum absolute atomic E-state index is 13.7. The average molecular weight is 517 g/mol. The first-order valence-electron chi connectivity index (χ1n) is 11.5. The normalized spacial score (nSPS) is 11.3. The number of aryl methyl sites for hydroxylation is 1. The molecule has 6 aromatic rings. The van der Waals surface area contributed by atoms with Gasteiger partial charge in [0.15, 0.2) is 0 Å². The lowest BCUT2D eigenvalue weighted by molar-refractivity contribution is 1.28. The van der Waals surface area contributed by atoms with Crippen molar-refractivity contribution in [2.45, 2.75) is 6.92 Å². The van der Waals surface area contributed by atoms with E-state index in [2.05, 4.69) is 64.2 Å². The quantitative estimate of drug-likeness (QED) is 0.258. The van der Waals surface area contributed by atoms with E-state index in [0.29, 0.717) is 11.3 Å². The van der Waals surface area contributed by atoms with E-state index in [9.17, 15) is 4.79 Å². The Morgan fingerprint density at radius 2 is 1.43 bits per heavy atom. The number of nitrogens with one attached hydrogen (secondary N) is 1. The zero-order chi connectivity index (χ0) is 23.9. The Morgan fingerprint density at radius 3 is 2.17 bits per heavy atom. The molecule has 0 saturated heterocycles. The van der Waals surface area contributed by atoms with Crippen LogP contribution in [0.25, 0.3) is 55.3 Å². The Kier molecular flexibility index (Phi) is 5.31. The fraction of sp³-hybridized carbons (Fsp3) is 0.0323. The van der Waals surface area contributed by atoms with E-state index in [1.165, 1.54) is 0 Å². The molecule has 0 aliphatic carbocycles. The van der Waals surface area contributed by atoms with Gasteiger partial charge in [-0.3, -0.25) is 4.79 Å². The van der Waals surface area contributed by atoms with Gasteiger partial charge in [0.25, 0.3) is 5.56 Å². The second kappa shape index (κ2) is 8.64. The molecule has 4 heteroatoms. The summed E-state index contributed by atoms with van der Waals surface area (Å²) in [6.07, 6.45) is 0. The molecule has 0 fully saturated rings. The molecule has 35 heavy (non-hydrogen) atoms. The van der Waals surface area contributed by atoms with Crippen molar-refractivity contribution in [3.05, 3.63) is 124 Å². The first kappa shape index (κ1) is 21.5. The van der Waals surface area contributed by atoms with Crippen LogP contribution in [0.3, 0.4) is 0 Å². The van der Waals surface area contributed by atoms with E-state index in [0.717, 1.165) is 54.1 Å². The second-order valence-electron chi connectivity index (χ2n) is 8.70. The van der Waals surface area contributed by atoms with Crippen molar-refractivity contribution in [2.24, 2.45) is 0 Å². The van der Waals surface area contributed by atoms with Crippen molar-refractivity contribution in [3.63, 3.8) is 0 Å². The fourth-order valence-electron chi connectivity index (χ4n) is 4.74. The monoisotopic (exact) mass is 516 g/mol. The number of aromatic amines is 1. The molecule has 1 N–H and O–H groups in total. The topological polar surface area (TPSA) is 45.8 Å². The summed E-state index contributed by atoms with van der Waals surface area (Å²) in [7, 11) is 0. The minimum Gasteiger partial charge on any atom is -0.321 e. The van der Waals surface area contributed by atoms with Crippen molar-refractivity contribution in [3.8, 4) is 33.5 Å². The first-order valence-corrected chi connectivity index (χ1v) is 12.3. The summed E-state index contributed by atoms with van der Waals surface area (Å²) < 4.78 is 0.951. The number of fused-ring (bicyclic) bond motifs is 2. The summed E-state index contributed by atoms with van der Waals surface area (Å²) in [6.45, 7) is 2.06. The number of aromatic nitrogens is 2. The summed E-state index contributed by atoms with van der Waals surface area (Å²) in [5.41, 5.74) is 7.86. The summed E-state index contributed by atoms with van der Waals surface area (Å²) in [5, 5.41) is 2.03. The summed E-state index contributed by atoms with van der Waals surface area (Å²) in [4.78, 5) is 21.8. The minimum absolute atomic E-state index is 0.155. The molecule has 0 atom stereocenters. The molecule has 2 aromatic heterocycles. The molecular weight excluding hydrogens is 496 g/mol. The fourth-order valence-corrected chi connectivity index (χ4v) is 5.10. The van der Waals surface area contributed by atoms with E-state index in [4.69, 9.17) is 4.98 Å². The molecule has 0 unspecified atom stereocenters. The molecule has 3 nitrogen and oxygen atoms in total. The van der Waals surface area contributed by atoms with Crippen molar-refractivity contribution in [1.29, 1.82) is 0 Å². The largest absolute Gasteiger partial charge is 0.321 e. The van der Waals surface area contributed by atoms with Gasteiger partial charge in [0.2, 0.25) is 0 Å². The predicted octanol–water partition coefficient (Wildman–Crippen LogP) is 8.15. The average Bonchev–Trinajstić information content (AvgIpc) is 2.88. The Bertz CT molecular complexity index is 1770. The maximum atomic E-state index is 13.7. The lowest BCUT2D eigenvalue weighted by Crippen LogP contribution is -2.12. The van der Waals surface area contributed by atoms with Gasteiger partial charge in [0.05, 0.1) is 16.8 Å². The third-order valence-electron chi connectivity index (χ3n) is 6.34. The van der Waals surface area contributed by atoms with Gasteiger partial charge < -0.3 is 4.98 Å². The number of benzene rings is 4. The number of hydrogen-bond donors (Lipinski definition) is 1. The molecule has 4 aromatic carbocycles. The van der Waals surface area contributed by atoms with Crippen LogP contribution in [0, 0.1) is 6.92 Å². The lowest BCUT2D eigenvalue weighted by atomic mass is 9.92. The van der Waals surface area contributed by atoms with Crippen LogP contribution < -0.4 is 5.56 Å². The van der Waals surface area contributed by atoms with Crippen LogP contribution in [0.2, 0.25) is 0 Å². The molecule has 2 heterocycles. The van der Waals surface area contributed by atoms with Crippen LogP contribution >= 0.6 is 15.9 Å². The number of H-pyrrole nitrogens is 1. The highest BCUT2D eigenvalue weighted by atomic mass is 79.9. The number of halogens is 1. The van der Waals surface area contributed by atoms with Crippen LogP contribution in [0.4, 0.5) is 0 Å². The smallest absolute Gasteiger partial charge is 0.258 e. The maximum Gasteiger partial charge on any atom is 0.258 e. The van der Waals surface area contributed by atoms with Crippen LogP contribution in [0.1, 0.15) is 5.56 Å². The Balaban J connectivity index is 1.76.